The van der Waals surface area contributed by atoms with Gasteiger partial charge in [-0.1, -0.05) is 32.9 Å². The number of fused-ring (bicyclic) bond motifs is 1. The topological polar surface area (TPSA) is 138 Å². The first kappa shape index (κ1) is 23.6. The highest BCUT2D eigenvalue weighted by molar-refractivity contribution is 6.06. The molecule has 0 spiro atoms. The molecule has 1 aliphatic rings. The standard InChI is InChI=1S/C21H28FN5O5/c1-21(2,3)18(20(30)24-9-15(23)28)25-19(29)16-13-5-4-6-14(22)17(13)27(26-16)10-12-11-31-7-8-32-12/h4-6,12,18H,7-11H2,1-3H3,(H2,23,28)(H,24,30)(H,25,29)/t12-,18?/m1/s1. The summed E-state index contributed by atoms with van der Waals surface area (Å²) in [6, 6.07) is 3.38. The van der Waals surface area contributed by atoms with Gasteiger partial charge in [-0.15, -0.1) is 0 Å². The number of aromatic nitrogens is 2. The van der Waals surface area contributed by atoms with Crippen LogP contribution in [-0.4, -0.2) is 66.0 Å². The summed E-state index contributed by atoms with van der Waals surface area (Å²) in [5.41, 5.74) is 4.55. The van der Waals surface area contributed by atoms with Crippen LogP contribution in [0, 0.1) is 11.2 Å². The highest BCUT2D eigenvalue weighted by Gasteiger charge is 2.34. The third kappa shape index (κ3) is 5.40. The SMILES string of the molecule is CC(C)(C)C(NC(=O)c1nn(C[C@@H]2COCCO2)c2c(F)cccc12)C(=O)NCC(N)=O. The van der Waals surface area contributed by atoms with Crippen LogP contribution >= 0.6 is 0 Å². The Bertz CT molecular complexity index is 1010. The number of hydrogen-bond acceptors (Lipinski definition) is 6. The molecule has 0 bridgehead atoms. The molecule has 2 atom stereocenters. The lowest BCUT2D eigenvalue weighted by molar-refractivity contribution is -0.128. The van der Waals surface area contributed by atoms with Gasteiger partial charge in [0.25, 0.3) is 5.91 Å². The number of para-hydroxylation sites is 1. The Morgan fingerprint density at radius 1 is 1.31 bits per heavy atom. The van der Waals surface area contributed by atoms with Crippen molar-refractivity contribution in [3.8, 4) is 0 Å². The minimum Gasteiger partial charge on any atom is -0.376 e. The zero-order valence-corrected chi connectivity index (χ0v) is 18.3. The summed E-state index contributed by atoms with van der Waals surface area (Å²) in [6.07, 6.45) is -0.329. The number of ether oxygens (including phenoxy) is 2. The molecule has 2 heterocycles. The molecule has 32 heavy (non-hydrogen) atoms. The van der Waals surface area contributed by atoms with Gasteiger partial charge in [-0.25, -0.2) is 4.39 Å². The van der Waals surface area contributed by atoms with E-state index in [1.165, 1.54) is 16.8 Å². The van der Waals surface area contributed by atoms with Crippen LogP contribution in [0.2, 0.25) is 0 Å². The molecule has 1 aliphatic heterocycles. The van der Waals surface area contributed by atoms with Gasteiger partial charge in [0.15, 0.2) is 5.69 Å². The summed E-state index contributed by atoms with van der Waals surface area (Å²) < 4.78 is 27.1. The molecule has 3 rings (SSSR count). The second-order valence-corrected chi connectivity index (χ2v) is 8.69. The first-order valence-corrected chi connectivity index (χ1v) is 10.3. The number of rotatable bonds is 7. The molecule has 1 fully saturated rings. The van der Waals surface area contributed by atoms with E-state index in [0.717, 1.165) is 0 Å². The summed E-state index contributed by atoms with van der Waals surface area (Å²) in [5, 5.41) is 9.72. The molecule has 0 saturated carbocycles. The van der Waals surface area contributed by atoms with Crippen molar-refractivity contribution in [2.24, 2.45) is 11.1 Å². The number of nitrogens with one attached hydrogen (secondary N) is 2. The van der Waals surface area contributed by atoms with Crippen molar-refractivity contribution in [3.63, 3.8) is 0 Å². The number of halogens is 1. The van der Waals surface area contributed by atoms with Crippen LogP contribution in [-0.2, 0) is 25.6 Å². The van der Waals surface area contributed by atoms with Crippen molar-refractivity contribution < 1.29 is 28.2 Å². The molecule has 0 radical (unpaired) electrons. The molecule has 1 unspecified atom stereocenters. The van der Waals surface area contributed by atoms with E-state index < -0.39 is 35.0 Å². The van der Waals surface area contributed by atoms with Crippen LogP contribution in [0.15, 0.2) is 18.2 Å². The minimum absolute atomic E-state index is 0.0202. The van der Waals surface area contributed by atoms with Crippen LogP contribution in [0.25, 0.3) is 10.9 Å². The lowest BCUT2D eigenvalue weighted by atomic mass is 9.86. The molecule has 10 nitrogen and oxygen atoms in total. The number of nitrogens with zero attached hydrogens (tertiary/aromatic N) is 2. The van der Waals surface area contributed by atoms with E-state index >= 15 is 0 Å². The number of hydrogen-bond donors (Lipinski definition) is 3. The van der Waals surface area contributed by atoms with Crippen LogP contribution in [0.3, 0.4) is 0 Å². The number of carbonyl (C=O) groups is 3. The third-order valence-electron chi connectivity index (χ3n) is 5.04. The van der Waals surface area contributed by atoms with Crippen LogP contribution in [0.5, 0.6) is 0 Å². The zero-order chi connectivity index (χ0) is 23.5. The molecule has 1 saturated heterocycles. The maximum atomic E-state index is 14.7. The lowest BCUT2D eigenvalue weighted by Gasteiger charge is -2.30. The molecule has 0 aliphatic carbocycles. The van der Waals surface area contributed by atoms with Gasteiger partial charge in [0.05, 0.1) is 32.9 Å². The molecule has 3 amide bonds. The number of carbonyl (C=O) groups excluding carboxylic acids is 3. The van der Waals surface area contributed by atoms with Crippen molar-refractivity contribution in [2.45, 2.75) is 39.5 Å². The fraction of sp³-hybridized carbons (Fsp3) is 0.524. The summed E-state index contributed by atoms with van der Waals surface area (Å²) in [5.74, 6) is -2.44. The largest absolute Gasteiger partial charge is 0.376 e. The molecule has 1 aromatic carbocycles. The molecule has 4 N–H and O–H groups in total. The zero-order valence-electron chi connectivity index (χ0n) is 18.3. The van der Waals surface area contributed by atoms with E-state index in [-0.39, 0.29) is 30.4 Å². The number of amides is 3. The van der Waals surface area contributed by atoms with Crippen molar-refractivity contribution in [2.75, 3.05) is 26.4 Å². The first-order valence-electron chi connectivity index (χ1n) is 10.3. The van der Waals surface area contributed by atoms with Gasteiger partial charge in [0.2, 0.25) is 11.8 Å². The van der Waals surface area contributed by atoms with Crippen LogP contribution < -0.4 is 16.4 Å². The second kappa shape index (κ2) is 9.61. The van der Waals surface area contributed by atoms with Gasteiger partial charge < -0.3 is 25.8 Å². The van der Waals surface area contributed by atoms with Gasteiger partial charge in [0, 0.05) is 5.39 Å². The monoisotopic (exact) mass is 449 g/mol. The summed E-state index contributed by atoms with van der Waals surface area (Å²) in [4.78, 5) is 36.8. The predicted molar refractivity (Wildman–Crippen MR) is 113 cm³/mol. The lowest BCUT2D eigenvalue weighted by Crippen LogP contribution is -2.54. The molecular formula is C21H28FN5O5. The Morgan fingerprint density at radius 3 is 2.69 bits per heavy atom. The Balaban J connectivity index is 1.90. The highest BCUT2D eigenvalue weighted by Crippen LogP contribution is 2.24. The fourth-order valence-corrected chi connectivity index (χ4v) is 3.48. The van der Waals surface area contributed by atoms with Gasteiger partial charge in [-0.3, -0.25) is 19.1 Å². The average Bonchev–Trinajstić information content (AvgIpc) is 3.09. The average molecular weight is 449 g/mol. The summed E-state index contributed by atoms with van der Waals surface area (Å²) >= 11 is 0. The quantitative estimate of drug-likeness (QED) is 0.557. The van der Waals surface area contributed by atoms with E-state index in [1.807, 2.05) is 0 Å². The smallest absolute Gasteiger partial charge is 0.273 e. The Kier molecular flexibility index (Phi) is 7.09. The van der Waals surface area contributed by atoms with Gasteiger partial charge in [0.1, 0.15) is 23.5 Å². The number of primary amides is 1. The van der Waals surface area contributed by atoms with Crippen molar-refractivity contribution in [3.05, 3.63) is 29.7 Å². The van der Waals surface area contributed by atoms with E-state index in [0.29, 0.717) is 25.2 Å². The van der Waals surface area contributed by atoms with Crippen LogP contribution in [0.4, 0.5) is 4.39 Å². The van der Waals surface area contributed by atoms with Gasteiger partial charge in [-0.2, -0.15) is 5.10 Å². The molecule has 174 valence electrons. The van der Waals surface area contributed by atoms with E-state index in [2.05, 4.69) is 15.7 Å². The summed E-state index contributed by atoms with van der Waals surface area (Å²) in [7, 11) is 0. The highest BCUT2D eigenvalue weighted by atomic mass is 19.1. The number of benzene rings is 1. The first-order chi connectivity index (χ1) is 15.1. The maximum absolute atomic E-state index is 14.7. The van der Waals surface area contributed by atoms with Gasteiger partial charge in [-0.05, 0) is 11.5 Å². The molecule has 2 aromatic rings. The minimum atomic E-state index is -0.988. The Morgan fingerprint density at radius 2 is 2.06 bits per heavy atom. The van der Waals surface area contributed by atoms with Crippen molar-refractivity contribution in [1.82, 2.24) is 20.4 Å². The molecular weight excluding hydrogens is 421 g/mol. The summed E-state index contributed by atoms with van der Waals surface area (Å²) in [6.45, 7) is 6.39. The van der Waals surface area contributed by atoms with Crippen LogP contribution in [0.1, 0.15) is 31.3 Å². The number of nitrogens with two attached hydrogens (primary N) is 1. The Hall–Kier alpha value is -3.05. The van der Waals surface area contributed by atoms with Gasteiger partial charge >= 0.3 is 0 Å². The Labute approximate surface area is 184 Å². The maximum Gasteiger partial charge on any atom is 0.273 e. The third-order valence-corrected chi connectivity index (χ3v) is 5.04. The predicted octanol–water partition coefficient (Wildman–Crippen LogP) is 0.337. The fourth-order valence-electron chi connectivity index (χ4n) is 3.48. The van der Waals surface area contributed by atoms with E-state index in [9.17, 15) is 18.8 Å². The van der Waals surface area contributed by atoms with E-state index in [1.54, 1.807) is 26.8 Å². The molecule has 11 heteroatoms. The van der Waals surface area contributed by atoms with E-state index in [4.69, 9.17) is 15.2 Å². The molecule has 1 aromatic heterocycles. The second-order valence-electron chi connectivity index (χ2n) is 8.69. The van der Waals surface area contributed by atoms with Crippen molar-refractivity contribution >= 4 is 28.6 Å². The van der Waals surface area contributed by atoms with Crippen molar-refractivity contribution in [1.29, 1.82) is 0 Å². The normalized spacial score (nSPS) is 17.7.